The van der Waals surface area contributed by atoms with Crippen molar-refractivity contribution in [3.63, 3.8) is 0 Å². The molecule has 0 aromatic heterocycles. The molecule has 3 nitrogen and oxygen atoms in total. The second-order valence-electron chi connectivity index (χ2n) is 6.31. The molecular weight excluding hydrogens is 308 g/mol. The van der Waals surface area contributed by atoms with E-state index in [0.717, 1.165) is 39.1 Å². The minimum absolute atomic E-state index is 0.188. The highest BCUT2D eigenvalue weighted by Gasteiger charge is 2.24. The third kappa shape index (κ3) is 2.64. The molecule has 3 aromatic carbocycles. The lowest BCUT2D eigenvalue weighted by molar-refractivity contribution is 0.0954. The van der Waals surface area contributed by atoms with Crippen molar-refractivity contribution >= 4 is 11.6 Å². The molecule has 3 heteroatoms. The molecule has 0 atom stereocenters. The molecule has 122 valence electrons. The summed E-state index contributed by atoms with van der Waals surface area (Å²) < 4.78 is 0. The van der Waals surface area contributed by atoms with Crippen LogP contribution in [0.3, 0.4) is 0 Å². The van der Waals surface area contributed by atoms with Crippen molar-refractivity contribution in [1.82, 2.24) is 5.43 Å². The van der Waals surface area contributed by atoms with E-state index in [1.165, 1.54) is 0 Å². The van der Waals surface area contributed by atoms with Gasteiger partial charge < -0.3 is 0 Å². The van der Waals surface area contributed by atoms with E-state index in [9.17, 15) is 4.79 Å². The van der Waals surface area contributed by atoms with E-state index in [4.69, 9.17) is 0 Å². The number of amides is 1. The summed E-state index contributed by atoms with van der Waals surface area (Å²) >= 11 is 0. The van der Waals surface area contributed by atoms with Crippen LogP contribution in [0, 0.1) is 13.8 Å². The lowest BCUT2D eigenvalue weighted by atomic mass is 10.1. The van der Waals surface area contributed by atoms with E-state index >= 15 is 0 Å². The Morgan fingerprint density at radius 3 is 1.92 bits per heavy atom. The molecule has 0 spiro atoms. The zero-order valence-electron chi connectivity index (χ0n) is 14.2. The quantitative estimate of drug-likeness (QED) is 0.543. The predicted octanol–water partition coefficient (Wildman–Crippen LogP) is 4.47. The highest BCUT2D eigenvalue weighted by Crippen LogP contribution is 2.36. The Balaban J connectivity index is 1.71. The summed E-state index contributed by atoms with van der Waals surface area (Å²) in [6, 6.07) is 22.1. The lowest BCUT2D eigenvalue weighted by Gasteiger charge is -2.07. The summed E-state index contributed by atoms with van der Waals surface area (Å²) in [4.78, 5) is 12.5. The molecule has 0 heterocycles. The third-order valence-electron chi connectivity index (χ3n) is 4.55. The average Bonchev–Trinajstić information content (AvgIpc) is 2.94. The SMILES string of the molecule is Cc1ccc(C(=O)NN=C2c3ccccc3-c3ccccc32)c(C)c1. The van der Waals surface area contributed by atoms with E-state index in [1.54, 1.807) is 0 Å². The van der Waals surface area contributed by atoms with Crippen LogP contribution in [0.15, 0.2) is 71.8 Å². The largest absolute Gasteiger partial charge is 0.271 e. The number of carbonyl (C=O) groups excluding carboxylic acids is 1. The second-order valence-corrected chi connectivity index (χ2v) is 6.31. The second kappa shape index (κ2) is 6.02. The van der Waals surface area contributed by atoms with Crippen LogP contribution < -0.4 is 5.43 Å². The summed E-state index contributed by atoms with van der Waals surface area (Å²) in [6.07, 6.45) is 0. The monoisotopic (exact) mass is 326 g/mol. The molecule has 0 saturated carbocycles. The molecule has 1 aliphatic carbocycles. The van der Waals surface area contributed by atoms with Crippen LogP contribution >= 0.6 is 0 Å². The van der Waals surface area contributed by atoms with Gasteiger partial charge in [0.2, 0.25) is 0 Å². The first-order chi connectivity index (χ1) is 12.1. The Morgan fingerprint density at radius 2 is 1.36 bits per heavy atom. The van der Waals surface area contributed by atoms with E-state index in [2.05, 4.69) is 22.7 Å². The summed E-state index contributed by atoms with van der Waals surface area (Å²) in [5, 5.41) is 4.46. The van der Waals surface area contributed by atoms with Crippen LogP contribution in [-0.2, 0) is 0 Å². The van der Waals surface area contributed by atoms with Gasteiger partial charge >= 0.3 is 0 Å². The number of hydrogen-bond donors (Lipinski definition) is 1. The zero-order valence-corrected chi connectivity index (χ0v) is 14.2. The first kappa shape index (κ1) is 15.3. The maximum atomic E-state index is 12.5. The highest BCUT2D eigenvalue weighted by atomic mass is 16.2. The standard InChI is InChI=1S/C22H18N2O/c1-14-11-12-16(15(2)13-14)22(25)24-23-21-19-9-5-3-7-17(19)18-8-4-6-10-20(18)21/h3-13H,1-2H3,(H,24,25). The molecule has 1 aliphatic rings. The fourth-order valence-corrected chi connectivity index (χ4v) is 3.35. The third-order valence-corrected chi connectivity index (χ3v) is 4.55. The molecule has 1 N–H and O–H groups in total. The Kier molecular flexibility index (Phi) is 3.69. The minimum atomic E-state index is -0.188. The number of hydrogen-bond acceptors (Lipinski definition) is 2. The maximum Gasteiger partial charge on any atom is 0.271 e. The van der Waals surface area contributed by atoms with Gasteiger partial charge in [-0.15, -0.1) is 0 Å². The molecular formula is C22H18N2O. The van der Waals surface area contributed by atoms with Crippen LogP contribution in [0.25, 0.3) is 11.1 Å². The average molecular weight is 326 g/mol. The van der Waals surface area contributed by atoms with Crippen molar-refractivity contribution < 1.29 is 4.79 Å². The van der Waals surface area contributed by atoms with Crippen LogP contribution in [-0.4, -0.2) is 11.6 Å². The van der Waals surface area contributed by atoms with Crippen molar-refractivity contribution in [2.75, 3.05) is 0 Å². The number of benzene rings is 3. The van der Waals surface area contributed by atoms with Gasteiger partial charge in [-0.05, 0) is 36.6 Å². The Hall–Kier alpha value is -3.20. The molecule has 0 aliphatic heterocycles. The van der Waals surface area contributed by atoms with Gasteiger partial charge in [-0.3, -0.25) is 4.79 Å². The number of hydrazone groups is 1. The smallest absolute Gasteiger partial charge is 0.267 e. The van der Waals surface area contributed by atoms with E-state index in [-0.39, 0.29) is 5.91 Å². The van der Waals surface area contributed by atoms with Crippen molar-refractivity contribution in [3.05, 3.63) is 94.5 Å². The molecule has 0 saturated heterocycles. The highest BCUT2D eigenvalue weighted by molar-refractivity contribution is 6.24. The van der Waals surface area contributed by atoms with Gasteiger partial charge in [0, 0.05) is 16.7 Å². The van der Waals surface area contributed by atoms with Gasteiger partial charge in [0.25, 0.3) is 5.91 Å². The molecule has 3 aromatic rings. The van der Waals surface area contributed by atoms with Crippen molar-refractivity contribution in [2.24, 2.45) is 5.10 Å². The lowest BCUT2D eigenvalue weighted by Crippen LogP contribution is -2.21. The van der Waals surface area contributed by atoms with Gasteiger partial charge in [-0.2, -0.15) is 5.10 Å². The molecule has 25 heavy (non-hydrogen) atoms. The van der Waals surface area contributed by atoms with Gasteiger partial charge in [0.1, 0.15) is 0 Å². The van der Waals surface area contributed by atoms with Crippen LogP contribution in [0.5, 0.6) is 0 Å². The molecule has 0 radical (unpaired) electrons. The summed E-state index contributed by atoms with van der Waals surface area (Å²) in [5.74, 6) is -0.188. The first-order valence-corrected chi connectivity index (χ1v) is 8.29. The number of carbonyl (C=O) groups is 1. The topological polar surface area (TPSA) is 41.5 Å². The van der Waals surface area contributed by atoms with Crippen molar-refractivity contribution in [2.45, 2.75) is 13.8 Å². The Morgan fingerprint density at radius 1 is 0.800 bits per heavy atom. The zero-order chi connectivity index (χ0) is 17.4. The maximum absolute atomic E-state index is 12.5. The number of fused-ring (bicyclic) bond motifs is 3. The van der Waals surface area contributed by atoms with Gasteiger partial charge in [-0.25, -0.2) is 5.43 Å². The minimum Gasteiger partial charge on any atom is -0.267 e. The molecule has 0 fully saturated rings. The molecule has 0 unspecified atom stereocenters. The van der Waals surface area contributed by atoms with E-state index in [1.807, 2.05) is 68.4 Å². The Labute approximate surface area is 147 Å². The van der Waals surface area contributed by atoms with Crippen LogP contribution in [0.1, 0.15) is 32.6 Å². The predicted molar refractivity (Wildman–Crippen MR) is 101 cm³/mol. The number of aryl methyl sites for hydroxylation is 2. The van der Waals surface area contributed by atoms with E-state index in [0.29, 0.717) is 5.56 Å². The summed E-state index contributed by atoms with van der Waals surface area (Å²) in [7, 11) is 0. The first-order valence-electron chi connectivity index (χ1n) is 8.29. The van der Waals surface area contributed by atoms with Gasteiger partial charge in [0.15, 0.2) is 0 Å². The van der Waals surface area contributed by atoms with Crippen molar-refractivity contribution in [3.8, 4) is 11.1 Å². The molecule has 4 rings (SSSR count). The van der Waals surface area contributed by atoms with E-state index < -0.39 is 0 Å². The number of nitrogens with zero attached hydrogens (tertiary/aromatic N) is 1. The van der Waals surface area contributed by atoms with Gasteiger partial charge in [-0.1, -0.05) is 66.2 Å². The number of nitrogens with one attached hydrogen (secondary N) is 1. The van der Waals surface area contributed by atoms with Crippen molar-refractivity contribution in [1.29, 1.82) is 0 Å². The van der Waals surface area contributed by atoms with Crippen LogP contribution in [0.4, 0.5) is 0 Å². The molecule has 0 bridgehead atoms. The number of rotatable bonds is 2. The normalized spacial score (nSPS) is 11.7. The summed E-state index contributed by atoms with van der Waals surface area (Å²) in [6.45, 7) is 3.95. The fourth-order valence-electron chi connectivity index (χ4n) is 3.35. The molecule has 1 amide bonds. The summed E-state index contributed by atoms with van der Waals surface area (Å²) in [5.41, 5.74) is 10.7. The fraction of sp³-hybridized carbons (Fsp3) is 0.0909. The van der Waals surface area contributed by atoms with Gasteiger partial charge in [0.05, 0.1) is 5.71 Å². The van der Waals surface area contributed by atoms with Crippen LogP contribution in [0.2, 0.25) is 0 Å². The Bertz CT molecular complexity index is 971.